The van der Waals surface area contributed by atoms with Crippen LogP contribution in [0.15, 0.2) is 0 Å². The molecular weight excluding hydrogens is 167 g/mol. The summed E-state index contributed by atoms with van der Waals surface area (Å²) < 4.78 is 0. The minimum absolute atomic E-state index is 0. The lowest BCUT2D eigenvalue weighted by Gasteiger charge is -2.00. The van der Waals surface area contributed by atoms with E-state index in [2.05, 4.69) is 12.6 Å². The van der Waals surface area contributed by atoms with Crippen molar-refractivity contribution in [3.8, 4) is 0 Å². The maximum Gasteiger partial charge on any atom is 0.482 e. The van der Waals surface area contributed by atoms with Crippen LogP contribution in [0.25, 0.3) is 0 Å². The molecule has 6 heteroatoms. The van der Waals surface area contributed by atoms with Crippen molar-refractivity contribution in [3.05, 3.63) is 0 Å². The molecule has 0 spiro atoms. The number of carbonyl (C=O) groups excluding carboxylic acids is 1. The van der Waals surface area contributed by atoms with Crippen molar-refractivity contribution in [1.82, 2.24) is 0 Å². The molecule has 4 nitrogen and oxygen atoms in total. The fraction of sp³-hybridized carbons (Fsp3) is 0.800. The molecule has 0 rings (SSSR count). The normalized spacial score (nSPS) is 11.0. The molecular formula is C5H12BO4S. The maximum atomic E-state index is 10.1. The summed E-state index contributed by atoms with van der Waals surface area (Å²) in [5.74, 6) is 0. The zero-order chi connectivity index (χ0) is 9.28. The minimum Gasteiger partial charge on any atom is -0.429 e. The van der Waals surface area contributed by atoms with Crippen molar-refractivity contribution in [1.29, 1.82) is 0 Å². The molecule has 0 aromatic rings. The van der Waals surface area contributed by atoms with Gasteiger partial charge in [0.15, 0.2) is 0 Å². The smallest absolute Gasteiger partial charge is 0.429 e. The first-order valence-corrected chi connectivity index (χ1v) is 3.55. The first kappa shape index (κ1) is 13.5. The van der Waals surface area contributed by atoms with Crippen LogP contribution >= 0.6 is 12.6 Å². The largest absolute Gasteiger partial charge is 0.482 e. The molecule has 0 aromatic carbocycles. The number of aliphatic hydroxyl groups excluding tert-OH is 1. The van der Waals surface area contributed by atoms with E-state index in [0.717, 1.165) is 6.42 Å². The number of rotatable bonds is 3. The number of thiol groups is 1. The van der Waals surface area contributed by atoms with Gasteiger partial charge in [-0.3, -0.25) is 4.79 Å². The first-order valence-electron chi connectivity index (χ1n) is 3.11. The molecule has 3 N–H and O–H groups in total. The van der Waals surface area contributed by atoms with Crippen molar-refractivity contribution in [2.24, 2.45) is 0 Å². The fourth-order valence-electron chi connectivity index (χ4n) is 0.397. The number of hydrogen-bond acceptors (Lipinski definition) is 4. The van der Waals surface area contributed by atoms with Crippen molar-refractivity contribution >= 4 is 25.4 Å². The first-order chi connectivity index (χ1) is 5.09. The van der Waals surface area contributed by atoms with Gasteiger partial charge in [-0.05, 0) is 6.42 Å². The van der Waals surface area contributed by atoms with Gasteiger partial charge in [-0.2, -0.15) is 0 Å². The third kappa shape index (κ3) is 13.0. The van der Waals surface area contributed by atoms with Crippen LogP contribution in [0.3, 0.4) is 0 Å². The summed E-state index contributed by atoms with van der Waals surface area (Å²) in [4.78, 5) is 10.1. The van der Waals surface area contributed by atoms with E-state index in [9.17, 15) is 4.79 Å². The number of aliphatic hydroxyl groups is 1. The minimum atomic E-state index is -0.858. The molecule has 11 heavy (non-hydrogen) atoms. The molecule has 0 aromatic heterocycles. The van der Waals surface area contributed by atoms with Crippen LogP contribution in [0.2, 0.25) is 0 Å². The van der Waals surface area contributed by atoms with E-state index >= 15 is 0 Å². The van der Waals surface area contributed by atoms with E-state index < -0.39 is 11.2 Å². The molecule has 0 bridgehead atoms. The van der Waals surface area contributed by atoms with Gasteiger partial charge >= 0.3 is 7.69 Å². The van der Waals surface area contributed by atoms with Crippen LogP contribution in [0.5, 0.6) is 0 Å². The number of hydrogen-bond donors (Lipinski definition) is 4. The van der Waals surface area contributed by atoms with Crippen LogP contribution in [0, 0.1) is 0 Å². The van der Waals surface area contributed by atoms with E-state index in [1.807, 2.05) is 6.92 Å². The predicted molar refractivity (Wildman–Crippen MR) is 45.1 cm³/mol. The lowest BCUT2D eigenvalue weighted by molar-refractivity contribution is -0.118. The van der Waals surface area contributed by atoms with Crippen LogP contribution in [0.4, 0.5) is 0 Å². The zero-order valence-electron chi connectivity index (χ0n) is 6.27. The Morgan fingerprint density at radius 2 is 2.00 bits per heavy atom. The summed E-state index contributed by atoms with van der Waals surface area (Å²) in [5.41, 5.74) is 0. The summed E-state index contributed by atoms with van der Waals surface area (Å²) in [6.07, 6.45) is 0.471. The highest BCUT2D eigenvalue weighted by Gasteiger charge is 2.07. The molecule has 0 aliphatic carbocycles. The van der Waals surface area contributed by atoms with E-state index in [0.29, 0.717) is 6.42 Å². The second-order valence-electron chi connectivity index (χ2n) is 1.76. The SMILES string of the molecule is CCCC(O)C(=O)S.O[B]O. The topological polar surface area (TPSA) is 77.8 Å². The summed E-state index contributed by atoms with van der Waals surface area (Å²) >= 11 is 3.44. The Balaban J connectivity index is 0. The molecule has 0 aliphatic rings. The molecule has 0 saturated carbocycles. The van der Waals surface area contributed by atoms with E-state index in [4.69, 9.17) is 15.2 Å². The monoisotopic (exact) mass is 179 g/mol. The quantitative estimate of drug-likeness (QED) is 0.334. The Kier molecular flexibility index (Phi) is 12.3. The molecule has 0 heterocycles. The highest BCUT2D eigenvalue weighted by Crippen LogP contribution is 1.98. The highest BCUT2D eigenvalue weighted by atomic mass is 32.1. The average Bonchev–Trinajstić information content (AvgIpc) is 1.90. The van der Waals surface area contributed by atoms with E-state index in [-0.39, 0.29) is 7.69 Å². The third-order valence-electron chi connectivity index (χ3n) is 0.847. The Bertz CT molecular complexity index is 100. The summed E-state index contributed by atoms with van der Waals surface area (Å²) in [5, 5.41) is 22.3. The lowest BCUT2D eigenvalue weighted by atomic mass is 10.2. The summed E-state index contributed by atoms with van der Waals surface area (Å²) in [7, 11) is 0. The molecule has 1 atom stereocenters. The van der Waals surface area contributed by atoms with Gasteiger partial charge in [0.25, 0.3) is 0 Å². The molecule has 1 unspecified atom stereocenters. The lowest BCUT2D eigenvalue weighted by Crippen LogP contribution is -2.13. The summed E-state index contributed by atoms with van der Waals surface area (Å²) in [6, 6.07) is 0. The van der Waals surface area contributed by atoms with Crippen LogP contribution in [-0.2, 0) is 4.79 Å². The van der Waals surface area contributed by atoms with E-state index in [1.165, 1.54) is 0 Å². The molecule has 0 fully saturated rings. The predicted octanol–water partition coefficient (Wildman–Crippen LogP) is -0.891. The third-order valence-corrected chi connectivity index (χ3v) is 1.15. The van der Waals surface area contributed by atoms with Gasteiger partial charge in [-0.1, -0.05) is 13.3 Å². The van der Waals surface area contributed by atoms with Crippen molar-refractivity contribution in [2.75, 3.05) is 0 Å². The van der Waals surface area contributed by atoms with Crippen LogP contribution in [0.1, 0.15) is 19.8 Å². The van der Waals surface area contributed by atoms with Crippen LogP contribution in [-0.4, -0.2) is 34.1 Å². The van der Waals surface area contributed by atoms with Gasteiger partial charge in [-0.25, -0.2) is 0 Å². The van der Waals surface area contributed by atoms with Gasteiger partial charge < -0.3 is 15.2 Å². The molecule has 65 valence electrons. The zero-order valence-corrected chi connectivity index (χ0v) is 7.16. The van der Waals surface area contributed by atoms with Gasteiger partial charge in [0.1, 0.15) is 6.10 Å². The van der Waals surface area contributed by atoms with Gasteiger partial charge in [0.05, 0.1) is 0 Å². The maximum absolute atomic E-state index is 10.1. The second kappa shape index (κ2) is 9.96. The molecule has 0 saturated heterocycles. The Hall–Kier alpha value is -0.0351. The van der Waals surface area contributed by atoms with Crippen molar-refractivity contribution in [3.63, 3.8) is 0 Å². The van der Waals surface area contributed by atoms with Crippen molar-refractivity contribution in [2.45, 2.75) is 25.9 Å². The van der Waals surface area contributed by atoms with Gasteiger partial charge in [0.2, 0.25) is 5.12 Å². The van der Waals surface area contributed by atoms with Gasteiger partial charge in [-0.15, -0.1) is 12.6 Å². The van der Waals surface area contributed by atoms with E-state index in [1.54, 1.807) is 0 Å². The Morgan fingerprint density at radius 3 is 2.09 bits per heavy atom. The van der Waals surface area contributed by atoms with Crippen LogP contribution < -0.4 is 0 Å². The second-order valence-corrected chi connectivity index (χ2v) is 2.20. The standard InChI is InChI=1S/C5H10O2S.BH2O2/c1-2-3-4(6)5(7)8;2-1-3/h4,6H,2-3H2,1H3,(H,7,8);2-3H. The Morgan fingerprint density at radius 1 is 1.64 bits per heavy atom. The molecule has 1 radical (unpaired) electrons. The Labute approximate surface area is 72.0 Å². The van der Waals surface area contributed by atoms with Gasteiger partial charge in [0, 0.05) is 0 Å². The van der Waals surface area contributed by atoms with Crippen molar-refractivity contribution < 1.29 is 19.9 Å². The number of carbonyl (C=O) groups is 1. The fourth-order valence-corrected chi connectivity index (χ4v) is 0.526. The average molecular weight is 179 g/mol. The highest BCUT2D eigenvalue weighted by molar-refractivity contribution is 7.96. The molecule has 0 amide bonds. The molecule has 0 aliphatic heterocycles. The summed E-state index contributed by atoms with van der Waals surface area (Å²) in [6.45, 7) is 1.90.